The molecule has 6 heteroatoms. The van der Waals surface area contributed by atoms with Crippen molar-refractivity contribution >= 4 is 30.1 Å². The highest BCUT2D eigenvalue weighted by Crippen LogP contribution is 2.45. The zero-order chi connectivity index (χ0) is 14.6. The van der Waals surface area contributed by atoms with Gasteiger partial charge in [0.05, 0.1) is 12.1 Å². The average Bonchev–Trinajstić information content (AvgIpc) is 2.38. The Morgan fingerprint density at radius 1 is 1.55 bits per heavy atom. The van der Waals surface area contributed by atoms with Gasteiger partial charge in [0, 0.05) is 25.1 Å². The summed E-state index contributed by atoms with van der Waals surface area (Å²) in [6, 6.07) is -0.142. The quantitative estimate of drug-likeness (QED) is 0.779. The molecule has 0 saturated heterocycles. The summed E-state index contributed by atoms with van der Waals surface area (Å²) in [5.74, 6) is 0.984. The third-order valence-corrected chi connectivity index (χ3v) is 4.90. The van der Waals surface area contributed by atoms with Gasteiger partial charge in [-0.25, -0.2) is 0 Å². The number of hydrogen-bond donors (Lipinski definition) is 1. The molecule has 1 amide bonds. The molecule has 0 radical (unpaired) electrons. The van der Waals surface area contributed by atoms with E-state index in [1.54, 1.807) is 11.8 Å². The van der Waals surface area contributed by atoms with Crippen LogP contribution in [0.5, 0.6) is 0 Å². The number of ether oxygens (including phenoxy) is 1. The Morgan fingerprint density at radius 2 is 2.15 bits per heavy atom. The summed E-state index contributed by atoms with van der Waals surface area (Å²) in [6.45, 7) is 7.07. The third kappa shape index (κ3) is 4.26. The van der Waals surface area contributed by atoms with Gasteiger partial charge in [-0.15, -0.1) is 12.4 Å². The number of carbonyl (C=O) groups excluding carboxylic acids is 1. The van der Waals surface area contributed by atoms with E-state index in [0.717, 1.165) is 25.2 Å². The van der Waals surface area contributed by atoms with E-state index in [1.165, 1.54) is 0 Å². The second-order valence-corrected chi connectivity index (χ2v) is 6.84. The Morgan fingerprint density at radius 3 is 2.60 bits per heavy atom. The van der Waals surface area contributed by atoms with Crippen molar-refractivity contribution in [3.63, 3.8) is 0 Å². The first-order valence-electron chi connectivity index (χ1n) is 6.99. The van der Waals surface area contributed by atoms with Gasteiger partial charge in [0.1, 0.15) is 0 Å². The van der Waals surface area contributed by atoms with E-state index in [-0.39, 0.29) is 41.9 Å². The zero-order valence-corrected chi connectivity index (χ0v) is 14.9. The monoisotopic (exact) mass is 324 g/mol. The first kappa shape index (κ1) is 20.0. The predicted octanol–water partition coefficient (Wildman–Crippen LogP) is 2.15. The lowest BCUT2D eigenvalue weighted by atomic mass is 9.63. The van der Waals surface area contributed by atoms with Gasteiger partial charge in [-0.1, -0.05) is 13.8 Å². The number of halogens is 1. The number of rotatable bonds is 7. The van der Waals surface area contributed by atoms with Gasteiger partial charge in [0.2, 0.25) is 5.91 Å². The van der Waals surface area contributed by atoms with Gasteiger partial charge in [0.15, 0.2) is 0 Å². The van der Waals surface area contributed by atoms with Crippen LogP contribution in [-0.2, 0) is 9.53 Å². The lowest BCUT2D eigenvalue weighted by molar-refractivity contribution is -0.164. The van der Waals surface area contributed by atoms with Crippen molar-refractivity contribution in [3.05, 3.63) is 0 Å². The highest BCUT2D eigenvalue weighted by Gasteiger charge is 2.52. The Bertz CT molecular complexity index is 316. The van der Waals surface area contributed by atoms with Crippen LogP contribution in [-0.4, -0.2) is 54.7 Å². The van der Waals surface area contributed by atoms with Crippen molar-refractivity contribution in [2.24, 2.45) is 11.1 Å². The molecule has 0 aliphatic heterocycles. The fourth-order valence-corrected chi connectivity index (χ4v) is 3.28. The lowest BCUT2D eigenvalue weighted by Gasteiger charge is -2.55. The maximum absolute atomic E-state index is 12.3. The number of nitrogens with zero attached hydrogens (tertiary/aromatic N) is 1. The highest BCUT2D eigenvalue weighted by atomic mass is 35.5. The summed E-state index contributed by atoms with van der Waals surface area (Å²) in [5, 5.41) is 0. The van der Waals surface area contributed by atoms with Crippen LogP contribution in [0.15, 0.2) is 0 Å². The van der Waals surface area contributed by atoms with Crippen molar-refractivity contribution in [3.8, 4) is 0 Å². The molecule has 0 aromatic heterocycles. The van der Waals surface area contributed by atoms with Crippen LogP contribution in [0.3, 0.4) is 0 Å². The molecule has 0 heterocycles. The molecule has 1 saturated carbocycles. The number of likely N-dealkylation sites (N-methyl/N-ethyl adjacent to an activating group) is 1. The topological polar surface area (TPSA) is 55.6 Å². The normalized spacial score (nSPS) is 25.3. The number of hydrogen-bond acceptors (Lipinski definition) is 4. The lowest BCUT2D eigenvalue weighted by Crippen LogP contribution is -2.64. The Hall–Kier alpha value is 0.0300. The van der Waals surface area contributed by atoms with Gasteiger partial charge < -0.3 is 15.4 Å². The molecule has 2 N–H and O–H groups in total. The summed E-state index contributed by atoms with van der Waals surface area (Å²) in [6.07, 6.45) is 3.94. The van der Waals surface area contributed by atoms with Crippen molar-refractivity contribution in [2.75, 3.05) is 25.7 Å². The van der Waals surface area contributed by atoms with Crippen molar-refractivity contribution < 1.29 is 9.53 Å². The Kier molecular flexibility index (Phi) is 8.48. The second kappa shape index (κ2) is 8.47. The molecule has 1 rings (SSSR count). The van der Waals surface area contributed by atoms with Gasteiger partial charge in [-0.05, 0) is 31.8 Å². The van der Waals surface area contributed by atoms with E-state index in [2.05, 4.69) is 13.8 Å². The van der Waals surface area contributed by atoms with Crippen LogP contribution in [0.25, 0.3) is 0 Å². The molecule has 0 spiro atoms. The first-order chi connectivity index (χ1) is 8.86. The molecule has 0 aromatic carbocycles. The molecule has 20 heavy (non-hydrogen) atoms. The van der Waals surface area contributed by atoms with Crippen LogP contribution in [0.1, 0.15) is 33.6 Å². The zero-order valence-electron chi connectivity index (χ0n) is 13.2. The van der Waals surface area contributed by atoms with Crippen LogP contribution >= 0.6 is 24.2 Å². The number of carbonyl (C=O) groups is 1. The predicted molar refractivity (Wildman–Crippen MR) is 88.6 cm³/mol. The van der Waals surface area contributed by atoms with E-state index in [4.69, 9.17) is 10.5 Å². The largest absolute Gasteiger partial charge is 0.378 e. The summed E-state index contributed by atoms with van der Waals surface area (Å²) >= 11 is 1.72. The van der Waals surface area contributed by atoms with Gasteiger partial charge in [-0.3, -0.25) is 4.79 Å². The molecule has 2 unspecified atom stereocenters. The van der Waals surface area contributed by atoms with Crippen molar-refractivity contribution in [2.45, 2.75) is 51.8 Å². The number of thioether (sulfide) groups is 1. The Balaban J connectivity index is 0.00000361. The second-order valence-electron chi connectivity index (χ2n) is 5.85. The van der Waals surface area contributed by atoms with E-state index in [9.17, 15) is 4.79 Å². The highest BCUT2D eigenvalue weighted by molar-refractivity contribution is 7.98. The smallest absolute Gasteiger partial charge is 0.239 e. The molecule has 120 valence electrons. The van der Waals surface area contributed by atoms with Gasteiger partial charge >= 0.3 is 0 Å². The minimum absolute atomic E-state index is 0. The molecule has 1 aliphatic rings. The van der Waals surface area contributed by atoms with E-state index in [1.807, 2.05) is 25.1 Å². The molecule has 1 aliphatic carbocycles. The summed E-state index contributed by atoms with van der Waals surface area (Å²) in [5.41, 5.74) is 5.98. The van der Waals surface area contributed by atoms with Crippen LogP contribution < -0.4 is 5.73 Å². The Labute approximate surface area is 133 Å². The minimum atomic E-state index is -0.376. The number of nitrogens with two attached hydrogens (primary N) is 1. The molecule has 0 aromatic rings. The molecule has 3 atom stereocenters. The summed E-state index contributed by atoms with van der Waals surface area (Å²) < 4.78 is 5.71. The van der Waals surface area contributed by atoms with E-state index < -0.39 is 0 Å². The SMILES string of the molecule is CCOC1CC(N(C)C(=O)[C@@H](N)CCSC)C1(C)C.Cl. The molecular formula is C14H29ClN2O2S. The third-order valence-electron chi connectivity index (χ3n) is 4.26. The average molecular weight is 325 g/mol. The molecule has 1 fully saturated rings. The van der Waals surface area contributed by atoms with Crippen molar-refractivity contribution in [1.82, 2.24) is 4.90 Å². The van der Waals surface area contributed by atoms with Crippen LogP contribution in [0.2, 0.25) is 0 Å². The van der Waals surface area contributed by atoms with E-state index >= 15 is 0 Å². The maximum Gasteiger partial charge on any atom is 0.239 e. The fourth-order valence-electron chi connectivity index (χ4n) is 2.79. The van der Waals surface area contributed by atoms with Crippen LogP contribution in [0, 0.1) is 5.41 Å². The minimum Gasteiger partial charge on any atom is -0.378 e. The fraction of sp³-hybridized carbons (Fsp3) is 0.929. The van der Waals surface area contributed by atoms with Crippen molar-refractivity contribution in [1.29, 1.82) is 0 Å². The standard InChI is InChI=1S/C14H28N2O2S.ClH/c1-6-18-12-9-11(14(12,2)3)16(4)13(17)10(15)7-8-19-5;/h10-12H,6-9,15H2,1-5H3;1H/t10-,11?,12?;/m0./s1. The maximum atomic E-state index is 12.3. The van der Waals surface area contributed by atoms with Crippen LogP contribution in [0.4, 0.5) is 0 Å². The molecule has 4 nitrogen and oxygen atoms in total. The first-order valence-corrected chi connectivity index (χ1v) is 8.38. The summed E-state index contributed by atoms with van der Waals surface area (Å²) in [7, 11) is 1.87. The van der Waals surface area contributed by atoms with Gasteiger partial charge in [0.25, 0.3) is 0 Å². The molecular weight excluding hydrogens is 296 g/mol. The summed E-state index contributed by atoms with van der Waals surface area (Å²) in [4.78, 5) is 14.1. The van der Waals surface area contributed by atoms with E-state index in [0.29, 0.717) is 0 Å². The number of amides is 1. The molecule has 0 bridgehead atoms. The van der Waals surface area contributed by atoms with Gasteiger partial charge in [-0.2, -0.15) is 11.8 Å².